The molecule has 2 heteroatoms. The van der Waals surface area contributed by atoms with Crippen LogP contribution >= 0.6 is 0 Å². The third-order valence-electron chi connectivity index (χ3n) is 3.76. The van der Waals surface area contributed by atoms with Gasteiger partial charge in [-0.05, 0) is 44.0 Å². The lowest BCUT2D eigenvalue weighted by Crippen LogP contribution is -2.21. The van der Waals surface area contributed by atoms with Crippen molar-refractivity contribution in [1.82, 2.24) is 9.88 Å². The van der Waals surface area contributed by atoms with E-state index in [0.717, 1.165) is 6.54 Å². The van der Waals surface area contributed by atoms with Crippen molar-refractivity contribution >= 4 is 0 Å². The Bertz CT molecular complexity index is 546. The van der Waals surface area contributed by atoms with E-state index >= 15 is 0 Å². The number of nitrogens with zero attached hydrogens (tertiary/aromatic N) is 1. The largest absolute Gasteiger partial charge is 0.350 e. The minimum absolute atomic E-state index is 0.426. The molecule has 2 rings (SSSR count). The molecule has 1 unspecified atom stereocenters. The summed E-state index contributed by atoms with van der Waals surface area (Å²) in [5, 5.41) is 3.40. The molecular weight excluding hydrogens is 244 g/mol. The molecule has 0 bridgehead atoms. The van der Waals surface area contributed by atoms with Gasteiger partial charge < -0.3 is 9.88 Å². The van der Waals surface area contributed by atoms with Gasteiger partial charge in [0.25, 0.3) is 0 Å². The van der Waals surface area contributed by atoms with E-state index in [1.807, 2.05) is 7.05 Å². The van der Waals surface area contributed by atoms with Crippen molar-refractivity contribution in [3.05, 3.63) is 58.9 Å². The van der Waals surface area contributed by atoms with Gasteiger partial charge in [0.05, 0.1) is 0 Å². The Labute approximate surface area is 122 Å². The van der Waals surface area contributed by atoms with Crippen molar-refractivity contribution in [3.63, 3.8) is 0 Å². The fourth-order valence-electron chi connectivity index (χ4n) is 3.00. The van der Waals surface area contributed by atoms with Crippen LogP contribution in [0, 0.1) is 19.8 Å². The third-order valence-corrected chi connectivity index (χ3v) is 3.76. The van der Waals surface area contributed by atoms with Crippen LogP contribution in [0.5, 0.6) is 0 Å². The Morgan fingerprint density at radius 2 is 1.75 bits per heavy atom. The van der Waals surface area contributed by atoms with Crippen LogP contribution in [0.25, 0.3) is 0 Å². The highest BCUT2D eigenvalue weighted by atomic mass is 15.0. The Balaban J connectivity index is 2.17. The first-order valence-electron chi connectivity index (χ1n) is 7.39. The maximum Gasteiger partial charge on any atom is 0.0470 e. The Morgan fingerprint density at radius 3 is 2.30 bits per heavy atom. The Hall–Kier alpha value is -1.54. The molecule has 1 aromatic carbocycles. The standard InChI is InChI=1S/C18H26N2/c1-13(2)18(19-5)17-6-7-20(12-17)11-16-9-14(3)8-15(4)10-16/h6-10,12-13,18-19H,11H2,1-5H3. The van der Waals surface area contributed by atoms with Crippen LogP contribution in [0.3, 0.4) is 0 Å². The normalized spacial score (nSPS) is 12.9. The Kier molecular flexibility index (Phi) is 4.66. The summed E-state index contributed by atoms with van der Waals surface area (Å²) in [4.78, 5) is 0. The molecule has 20 heavy (non-hydrogen) atoms. The number of aromatic nitrogens is 1. The summed E-state index contributed by atoms with van der Waals surface area (Å²) < 4.78 is 2.27. The molecule has 0 aliphatic heterocycles. The average Bonchev–Trinajstić information content (AvgIpc) is 2.76. The predicted molar refractivity (Wildman–Crippen MR) is 86.1 cm³/mol. The number of nitrogens with one attached hydrogen (secondary N) is 1. The maximum atomic E-state index is 3.40. The molecule has 0 aliphatic carbocycles. The number of hydrogen-bond acceptors (Lipinski definition) is 1. The number of benzene rings is 1. The van der Waals surface area contributed by atoms with Gasteiger partial charge in [0, 0.05) is 25.0 Å². The summed E-state index contributed by atoms with van der Waals surface area (Å²) in [5.41, 5.74) is 5.41. The van der Waals surface area contributed by atoms with Gasteiger partial charge in [-0.2, -0.15) is 0 Å². The molecule has 0 amide bonds. The Morgan fingerprint density at radius 1 is 1.10 bits per heavy atom. The molecular formula is C18H26N2. The van der Waals surface area contributed by atoms with Crippen LogP contribution in [-0.2, 0) is 6.54 Å². The molecule has 2 nitrogen and oxygen atoms in total. The van der Waals surface area contributed by atoms with Crippen molar-refractivity contribution in [2.45, 2.75) is 40.3 Å². The molecule has 0 radical (unpaired) electrons. The molecule has 1 atom stereocenters. The number of rotatable bonds is 5. The molecule has 1 aromatic heterocycles. The van der Waals surface area contributed by atoms with Crippen molar-refractivity contribution in [2.75, 3.05) is 7.05 Å². The summed E-state index contributed by atoms with van der Waals surface area (Å²) in [5.74, 6) is 0.595. The smallest absolute Gasteiger partial charge is 0.0470 e. The van der Waals surface area contributed by atoms with Gasteiger partial charge in [-0.15, -0.1) is 0 Å². The van der Waals surface area contributed by atoms with Gasteiger partial charge in [0.15, 0.2) is 0 Å². The minimum Gasteiger partial charge on any atom is -0.350 e. The second-order valence-electron chi connectivity index (χ2n) is 6.12. The highest BCUT2D eigenvalue weighted by Crippen LogP contribution is 2.22. The second-order valence-corrected chi connectivity index (χ2v) is 6.12. The van der Waals surface area contributed by atoms with Crippen molar-refractivity contribution in [3.8, 4) is 0 Å². The molecule has 0 spiro atoms. The van der Waals surface area contributed by atoms with Crippen LogP contribution in [0.1, 0.15) is 42.1 Å². The molecule has 2 aromatic rings. The highest BCUT2D eigenvalue weighted by molar-refractivity contribution is 5.29. The summed E-state index contributed by atoms with van der Waals surface area (Å²) in [6, 6.07) is 9.41. The van der Waals surface area contributed by atoms with E-state index in [9.17, 15) is 0 Å². The van der Waals surface area contributed by atoms with Gasteiger partial charge in [0.1, 0.15) is 0 Å². The third kappa shape index (κ3) is 3.51. The zero-order valence-electron chi connectivity index (χ0n) is 13.3. The van der Waals surface area contributed by atoms with Crippen LogP contribution in [0.15, 0.2) is 36.7 Å². The van der Waals surface area contributed by atoms with E-state index in [2.05, 4.69) is 74.2 Å². The minimum atomic E-state index is 0.426. The quantitative estimate of drug-likeness (QED) is 0.866. The van der Waals surface area contributed by atoms with Gasteiger partial charge in [0.2, 0.25) is 0 Å². The number of aryl methyl sites for hydroxylation is 2. The lowest BCUT2D eigenvalue weighted by atomic mass is 9.99. The first kappa shape index (κ1) is 14.9. The predicted octanol–water partition coefficient (Wildman–Crippen LogP) is 4.07. The summed E-state index contributed by atoms with van der Waals surface area (Å²) in [6.45, 7) is 9.77. The zero-order valence-corrected chi connectivity index (χ0v) is 13.3. The lowest BCUT2D eigenvalue weighted by molar-refractivity contribution is 0.443. The van der Waals surface area contributed by atoms with E-state index in [1.54, 1.807) is 0 Å². The van der Waals surface area contributed by atoms with Gasteiger partial charge in [-0.3, -0.25) is 0 Å². The first-order chi connectivity index (χ1) is 9.49. The monoisotopic (exact) mass is 270 g/mol. The average molecular weight is 270 g/mol. The first-order valence-corrected chi connectivity index (χ1v) is 7.39. The van der Waals surface area contributed by atoms with E-state index in [0.29, 0.717) is 12.0 Å². The van der Waals surface area contributed by atoms with E-state index in [1.165, 1.54) is 22.3 Å². The second kappa shape index (κ2) is 6.27. The van der Waals surface area contributed by atoms with Crippen molar-refractivity contribution < 1.29 is 0 Å². The molecule has 108 valence electrons. The van der Waals surface area contributed by atoms with Gasteiger partial charge in [-0.1, -0.05) is 43.2 Å². The van der Waals surface area contributed by atoms with Crippen LogP contribution in [0.2, 0.25) is 0 Å². The van der Waals surface area contributed by atoms with Crippen LogP contribution < -0.4 is 5.32 Å². The topological polar surface area (TPSA) is 17.0 Å². The summed E-state index contributed by atoms with van der Waals surface area (Å²) >= 11 is 0. The molecule has 1 N–H and O–H groups in total. The van der Waals surface area contributed by atoms with Crippen LogP contribution in [-0.4, -0.2) is 11.6 Å². The van der Waals surface area contributed by atoms with E-state index < -0.39 is 0 Å². The SMILES string of the molecule is CNC(c1ccn(Cc2cc(C)cc(C)c2)c1)C(C)C. The molecule has 1 heterocycles. The maximum absolute atomic E-state index is 3.40. The van der Waals surface area contributed by atoms with Crippen LogP contribution in [0.4, 0.5) is 0 Å². The summed E-state index contributed by atoms with van der Waals surface area (Å²) in [6.07, 6.45) is 4.44. The highest BCUT2D eigenvalue weighted by Gasteiger charge is 2.14. The van der Waals surface area contributed by atoms with E-state index in [-0.39, 0.29) is 0 Å². The fraction of sp³-hybridized carbons (Fsp3) is 0.444. The lowest BCUT2D eigenvalue weighted by Gasteiger charge is -2.18. The molecule has 0 saturated carbocycles. The number of hydrogen-bond donors (Lipinski definition) is 1. The molecule has 0 fully saturated rings. The van der Waals surface area contributed by atoms with E-state index in [4.69, 9.17) is 0 Å². The fourth-order valence-corrected chi connectivity index (χ4v) is 3.00. The van der Waals surface area contributed by atoms with Gasteiger partial charge in [-0.25, -0.2) is 0 Å². The molecule has 0 saturated heterocycles. The summed E-state index contributed by atoms with van der Waals surface area (Å²) in [7, 11) is 2.03. The van der Waals surface area contributed by atoms with Crippen molar-refractivity contribution in [2.24, 2.45) is 5.92 Å². The van der Waals surface area contributed by atoms with Crippen molar-refractivity contribution in [1.29, 1.82) is 0 Å². The molecule has 0 aliphatic rings. The van der Waals surface area contributed by atoms with Gasteiger partial charge >= 0.3 is 0 Å². The zero-order chi connectivity index (χ0) is 14.7.